The number of carbonyl (C=O) groups is 1. The smallest absolute Gasteiger partial charge is 0.255 e. The monoisotopic (exact) mass is 290 g/mol. The summed E-state index contributed by atoms with van der Waals surface area (Å²) < 4.78 is 22.9. The van der Waals surface area contributed by atoms with E-state index in [1.807, 2.05) is 0 Å². The van der Waals surface area contributed by atoms with E-state index in [1.165, 1.54) is 18.2 Å². The molecule has 0 aliphatic carbocycles. The first-order chi connectivity index (χ1) is 9.38. The molecule has 3 N–H and O–H groups in total. The summed E-state index contributed by atoms with van der Waals surface area (Å²) in [6.45, 7) is 0. The van der Waals surface area contributed by atoms with Crippen LogP contribution in [0, 0.1) is 0 Å². The van der Waals surface area contributed by atoms with Crippen LogP contribution in [0.2, 0.25) is 0 Å². The van der Waals surface area contributed by atoms with Crippen molar-refractivity contribution >= 4 is 27.1 Å². The number of nitrogens with one attached hydrogen (secondary N) is 1. The maximum atomic E-state index is 12.1. The van der Waals surface area contributed by atoms with Crippen molar-refractivity contribution in [2.24, 2.45) is 0 Å². The maximum absolute atomic E-state index is 12.1. The number of nitrogen functional groups attached to an aromatic ring is 1. The van der Waals surface area contributed by atoms with Gasteiger partial charge < -0.3 is 11.1 Å². The molecule has 0 radical (unpaired) electrons. The molecule has 0 fully saturated rings. The Bertz CT molecular complexity index is 755. The number of nitrogens with two attached hydrogens (primary N) is 1. The Morgan fingerprint density at radius 3 is 2.45 bits per heavy atom. The Balaban J connectivity index is 2.29. The Labute approximate surface area is 117 Å². The molecule has 0 saturated heterocycles. The van der Waals surface area contributed by atoms with E-state index in [0.29, 0.717) is 11.4 Å². The van der Waals surface area contributed by atoms with E-state index >= 15 is 0 Å². The first kappa shape index (κ1) is 14.1. The van der Waals surface area contributed by atoms with Gasteiger partial charge in [0.25, 0.3) is 5.91 Å². The molecule has 0 aliphatic rings. The van der Waals surface area contributed by atoms with E-state index in [0.717, 1.165) is 6.26 Å². The molecule has 0 bridgehead atoms. The van der Waals surface area contributed by atoms with Crippen molar-refractivity contribution in [2.45, 2.75) is 4.90 Å². The van der Waals surface area contributed by atoms with Crippen LogP contribution in [0.15, 0.2) is 53.4 Å². The van der Waals surface area contributed by atoms with Crippen molar-refractivity contribution in [3.63, 3.8) is 0 Å². The number of hydrogen-bond acceptors (Lipinski definition) is 4. The summed E-state index contributed by atoms with van der Waals surface area (Å²) in [6.07, 6.45) is 1.10. The van der Waals surface area contributed by atoms with Gasteiger partial charge >= 0.3 is 0 Å². The van der Waals surface area contributed by atoms with Gasteiger partial charge in [-0.05, 0) is 30.3 Å². The van der Waals surface area contributed by atoms with Gasteiger partial charge in [-0.2, -0.15) is 0 Å². The first-order valence-electron chi connectivity index (χ1n) is 5.84. The lowest BCUT2D eigenvalue weighted by atomic mass is 10.2. The van der Waals surface area contributed by atoms with E-state index in [4.69, 9.17) is 5.73 Å². The lowest BCUT2D eigenvalue weighted by Gasteiger charge is -2.08. The molecule has 104 valence electrons. The fourth-order valence-corrected chi connectivity index (χ4v) is 2.34. The van der Waals surface area contributed by atoms with Gasteiger partial charge in [-0.15, -0.1) is 0 Å². The van der Waals surface area contributed by atoms with Crippen LogP contribution in [0.3, 0.4) is 0 Å². The number of hydrogen-bond donors (Lipinski definition) is 2. The molecule has 5 nitrogen and oxygen atoms in total. The molecular formula is C14H14N2O3S. The minimum Gasteiger partial charge on any atom is -0.397 e. The molecule has 6 heteroatoms. The number of carbonyl (C=O) groups excluding carboxylic acids is 1. The Hall–Kier alpha value is -2.34. The third-order valence-corrected chi connectivity index (χ3v) is 3.84. The Morgan fingerprint density at radius 1 is 1.10 bits per heavy atom. The largest absolute Gasteiger partial charge is 0.397 e. The summed E-state index contributed by atoms with van der Waals surface area (Å²) in [5, 5.41) is 2.65. The molecule has 0 saturated carbocycles. The van der Waals surface area contributed by atoms with Crippen molar-refractivity contribution < 1.29 is 13.2 Å². The highest BCUT2D eigenvalue weighted by atomic mass is 32.2. The zero-order valence-corrected chi connectivity index (χ0v) is 11.6. The second-order valence-corrected chi connectivity index (χ2v) is 6.36. The predicted molar refractivity (Wildman–Crippen MR) is 78.4 cm³/mol. The summed E-state index contributed by atoms with van der Waals surface area (Å²) in [7, 11) is -3.34. The molecule has 2 rings (SSSR count). The lowest BCUT2D eigenvalue weighted by molar-refractivity contribution is 0.102. The molecule has 1 amide bonds. The van der Waals surface area contributed by atoms with Crippen LogP contribution < -0.4 is 11.1 Å². The highest BCUT2D eigenvalue weighted by Gasteiger charge is 2.12. The number of anilines is 2. The van der Waals surface area contributed by atoms with Gasteiger partial charge in [-0.25, -0.2) is 8.42 Å². The third-order valence-electron chi connectivity index (χ3n) is 2.73. The Morgan fingerprint density at radius 2 is 1.80 bits per heavy atom. The molecule has 2 aromatic carbocycles. The second kappa shape index (κ2) is 5.34. The molecule has 0 heterocycles. The summed E-state index contributed by atoms with van der Waals surface area (Å²) in [4.78, 5) is 12.2. The molecule has 0 spiro atoms. The van der Waals surface area contributed by atoms with E-state index in [9.17, 15) is 13.2 Å². The normalized spacial score (nSPS) is 11.1. The van der Waals surface area contributed by atoms with Gasteiger partial charge in [0.1, 0.15) is 0 Å². The van der Waals surface area contributed by atoms with Crippen LogP contribution in [0.5, 0.6) is 0 Å². The number of rotatable bonds is 3. The molecule has 2 aromatic rings. The average Bonchev–Trinajstić information content (AvgIpc) is 2.40. The van der Waals surface area contributed by atoms with Gasteiger partial charge in [0.2, 0.25) is 0 Å². The van der Waals surface area contributed by atoms with Crippen molar-refractivity contribution in [2.75, 3.05) is 17.3 Å². The van der Waals surface area contributed by atoms with Crippen molar-refractivity contribution in [1.29, 1.82) is 0 Å². The standard InChI is InChI=1S/C14H14N2O3S/c1-20(18,19)11-6-4-5-10(9-11)14(17)16-13-8-3-2-7-12(13)15/h2-9H,15H2,1H3,(H,16,17). The minimum absolute atomic E-state index is 0.103. The fourth-order valence-electron chi connectivity index (χ4n) is 1.67. The van der Waals surface area contributed by atoms with E-state index < -0.39 is 15.7 Å². The van der Waals surface area contributed by atoms with Gasteiger partial charge in [-0.3, -0.25) is 4.79 Å². The van der Waals surface area contributed by atoms with Crippen molar-refractivity contribution in [3.05, 3.63) is 54.1 Å². The first-order valence-corrected chi connectivity index (χ1v) is 7.73. The highest BCUT2D eigenvalue weighted by Crippen LogP contribution is 2.18. The van der Waals surface area contributed by atoms with E-state index in [2.05, 4.69) is 5.32 Å². The maximum Gasteiger partial charge on any atom is 0.255 e. The number of sulfone groups is 1. The van der Waals surface area contributed by atoms with Crippen LogP contribution in [0.1, 0.15) is 10.4 Å². The number of amides is 1. The van der Waals surface area contributed by atoms with Crippen molar-refractivity contribution in [1.82, 2.24) is 0 Å². The SMILES string of the molecule is CS(=O)(=O)c1cccc(C(=O)Nc2ccccc2N)c1. The number of para-hydroxylation sites is 2. The predicted octanol–water partition coefficient (Wildman–Crippen LogP) is 1.92. The fraction of sp³-hybridized carbons (Fsp3) is 0.0714. The lowest BCUT2D eigenvalue weighted by Crippen LogP contribution is -2.13. The topological polar surface area (TPSA) is 89.3 Å². The summed E-state index contributed by atoms with van der Waals surface area (Å²) >= 11 is 0. The summed E-state index contributed by atoms with van der Waals surface area (Å²) in [6, 6.07) is 12.7. The molecule has 0 unspecified atom stereocenters. The molecule has 20 heavy (non-hydrogen) atoms. The van der Waals surface area contributed by atoms with Gasteiger partial charge in [0.05, 0.1) is 16.3 Å². The molecular weight excluding hydrogens is 276 g/mol. The zero-order valence-electron chi connectivity index (χ0n) is 10.8. The van der Waals surface area contributed by atoms with Crippen LogP contribution in [0.4, 0.5) is 11.4 Å². The summed E-state index contributed by atoms with van der Waals surface area (Å²) in [5.74, 6) is -0.409. The van der Waals surface area contributed by atoms with Crippen molar-refractivity contribution in [3.8, 4) is 0 Å². The van der Waals surface area contributed by atoms with Crippen LogP contribution in [-0.2, 0) is 9.84 Å². The highest BCUT2D eigenvalue weighted by molar-refractivity contribution is 7.90. The van der Waals surface area contributed by atoms with Gasteiger partial charge in [0, 0.05) is 11.8 Å². The van der Waals surface area contributed by atoms with E-state index in [-0.39, 0.29) is 10.5 Å². The zero-order chi connectivity index (χ0) is 14.8. The van der Waals surface area contributed by atoms with Gasteiger partial charge in [-0.1, -0.05) is 18.2 Å². The van der Waals surface area contributed by atoms with Gasteiger partial charge in [0.15, 0.2) is 9.84 Å². The molecule has 0 aromatic heterocycles. The molecule has 0 atom stereocenters. The van der Waals surface area contributed by atoms with Crippen LogP contribution in [-0.4, -0.2) is 20.6 Å². The third kappa shape index (κ3) is 3.16. The minimum atomic E-state index is -3.34. The quantitative estimate of drug-likeness (QED) is 0.845. The number of benzene rings is 2. The average molecular weight is 290 g/mol. The molecule has 0 aliphatic heterocycles. The van der Waals surface area contributed by atoms with Crippen LogP contribution in [0.25, 0.3) is 0 Å². The second-order valence-electron chi connectivity index (χ2n) is 4.34. The van der Waals surface area contributed by atoms with Crippen LogP contribution >= 0.6 is 0 Å². The van der Waals surface area contributed by atoms with E-state index in [1.54, 1.807) is 30.3 Å². The summed E-state index contributed by atoms with van der Waals surface area (Å²) in [5.41, 5.74) is 6.93. The Kier molecular flexibility index (Phi) is 3.76.